The smallest absolute Gasteiger partial charge is 0.356 e. The topological polar surface area (TPSA) is 56.0 Å². The minimum atomic E-state index is -4.19. The first-order valence-electron chi connectivity index (χ1n) is 14.0. The summed E-state index contributed by atoms with van der Waals surface area (Å²) < 4.78 is 53.7. The van der Waals surface area contributed by atoms with Crippen LogP contribution in [-0.4, -0.2) is 53.8 Å². The average molecular weight is 556 g/mol. The average Bonchev–Trinajstić information content (AvgIpc) is 3.60. The zero-order chi connectivity index (χ0) is 28.5. The minimum Gasteiger partial charge on any atom is -0.356 e. The Morgan fingerprint density at radius 1 is 1.25 bits per heavy atom. The van der Waals surface area contributed by atoms with E-state index < -0.39 is 12.7 Å². The van der Waals surface area contributed by atoms with Crippen LogP contribution >= 0.6 is 0 Å². The van der Waals surface area contributed by atoms with Gasteiger partial charge in [0, 0.05) is 65.0 Å². The molecule has 214 valence electrons. The molecule has 0 bridgehead atoms. The second-order valence-corrected chi connectivity index (χ2v) is 11.0. The maximum atomic E-state index is 14.7. The number of anilines is 2. The Morgan fingerprint density at radius 3 is 2.67 bits per heavy atom. The lowest BCUT2D eigenvalue weighted by Gasteiger charge is -2.41. The zero-order valence-electron chi connectivity index (χ0n) is 23.1. The van der Waals surface area contributed by atoms with Crippen LogP contribution in [0.2, 0.25) is 0 Å². The number of hydrogen-bond acceptors (Lipinski definition) is 4. The number of alkyl halides is 3. The van der Waals surface area contributed by atoms with Gasteiger partial charge in [0.15, 0.2) is 0 Å². The molecule has 2 aliphatic rings. The van der Waals surface area contributed by atoms with Gasteiger partial charge in [-0.1, -0.05) is 25.6 Å². The lowest BCUT2D eigenvalue weighted by molar-refractivity contribution is -0.162. The van der Waals surface area contributed by atoms with Crippen molar-refractivity contribution >= 4 is 17.5 Å². The van der Waals surface area contributed by atoms with E-state index in [0.29, 0.717) is 37.1 Å². The Labute approximate surface area is 233 Å². The molecule has 3 aromatic rings. The quantitative estimate of drug-likeness (QED) is 0.211. The van der Waals surface area contributed by atoms with Crippen LogP contribution in [-0.2, 0) is 18.3 Å². The van der Waals surface area contributed by atoms with Gasteiger partial charge in [-0.2, -0.15) is 13.2 Å². The summed E-state index contributed by atoms with van der Waals surface area (Å²) in [4.78, 5) is 9.59. The van der Waals surface area contributed by atoms with Crippen molar-refractivity contribution in [3.8, 4) is 11.3 Å². The van der Waals surface area contributed by atoms with Crippen LogP contribution in [0.25, 0.3) is 17.3 Å². The third kappa shape index (κ3) is 5.67. The van der Waals surface area contributed by atoms with Crippen molar-refractivity contribution < 1.29 is 17.6 Å². The first-order valence-corrected chi connectivity index (χ1v) is 14.0. The number of rotatable bonds is 12. The number of aryl methyl sites for hydroxylation is 1. The second-order valence-electron chi connectivity index (χ2n) is 11.0. The Balaban J connectivity index is 1.53. The van der Waals surface area contributed by atoms with Crippen molar-refractivity contribution in [1.29, 1.82) is 0 Å². The first kappa shape index (κ1) is 28.4. The number of nitrogens with zero attached hydrogens (tertiary/aromatic N) is 2. The van der Waals surface area contributed by atoms with Gasteiger partial charge in [0.2, 0.25) is 0 Å². The first-order chi connectivity index (χ1) is 19.2. The SMILES string of the molecule is C=Cc1c(C2(CNC)CC2)[nH]c(-c2ccncc2CC[C@@H]2CCN2CC(F)(F)F)c1Nc1cccc(F)c1CC. The highest BCUT2D eigenvalue weighted by Crippen LogP contribution is 2.52. The number of likely N-dealkylation sites (N-methyl/N-ethyl adjacent to an activating group) is 1. The summed E-state index contributed by atoms with van der Waals surface area (Å²) in [5, 5.41) is 6.87. The fourth-order valence-electron chi connectivity index (χ4n) is 6.09. The number of hydrogen-bond donors (Lipinski definition) is 3. The summed E-state index contributed by atoms with van der Waals surface area (Å²) in [6, 6.07) is 6.90. The van der Waals surface area contributed by atoms with Crippen molar-refractivity contribution in [3.63, 3.8) is 0 Å². The van der Waals surface area contributed by atoms with Crippen LogP contribution in [0.15, 0.2) is 43.2 Å². The molecule has 1 aliphatic heterocycles. The summed E-state index contributed by atoms with van der Waals surface area (Å²) in [5.41, 5.74) is 6.87. The third-order valence-corrected chi connectivity index (χ3v) is 8.44. The molecule has 3 heterocycles. The van der Waals surface area contributed by atoms with Gasteiger partial charge in [0.25, 0.3) is 0 Å². The standard InChI is InChI=1S/C31H37F4N5/c1-4-22-25(32)7-6-8-26(22)38-27-23(5-2)29(30(13-14-30)18-36-3)39-28(27)24-11-15-37-17-20(24)9-10-21-12-16-40(21)19-31(33,34)35/h5-8,11,15,17,21,36,38-39H,2,4,9-10,12-14,16,18-19H2,1,3H3/t21-/m1/s1. The zero-order valence-corrected chi connectivity index (χ0v) is 23.1. The molecule has 0 unspecified atom stereocenters. The number of nitrogens with one attached hydrogen (secondary N) is 3. The summed E-state index contributed by atoms with van der Waals surface area (Å²) >= 11 is 0. The molecule has 9 heteroatoms. The number of aromatic nitrogens is 2. The van der Waals surface area contributed by atoms with E-state index in [4.69, 9.17) is 0 Å². The van der Waals surface area contributed by atoms with Gasteiger partial charge < -0.3 is 15.6 Å². The largest absolute Gasteiger partial charge is 0.401 e. The van der Waals surface area contributed by atoms with Gasteiger partial charge in [-0.05, 0) is 69.3 Å². The van der Waals surface area contributed by atoms with Crippen LogP contribution in [0, 0.1) is 5.82 Å². The number of aromatic amines is 1. The summed E-state index contributed by atoms with van der Waals surface area (Å²) in [7, 11) is 1.94. The van der Waals surface area contributed by atoms with E-state index >= 15 is 0 Å². The van der Waals surface area contributed by atoms with Crippen molar-refractivity contribution in [2.45, 2.75) is 63.1 Å². The molecule has 1 atom stereocenters. The number of halogens is 4. The predicted octanol–water partition coefficient (Wildman–Crippen LogP) is 6.99. The Bertz CT molecular complexity index is 1360. The van der Waals surface area contributed by atoms with Crippen LogP contribution in [0.5, 0.6) is 0 Å². The third-order valence-electron chi connectivity index (χ3n) is 8.44. The lowest BCUT2D eigenvalue weighted by Crippen LogP contribution is -2.51. The maximum Gasteiger partial charge on any atom is 0.401 e. The molecule has 0 radical (unpaired) electrons. The molecule has 3 N–H and O–H groups in total. The molecule has 5 nitrogen and oxygen atoms in total. The van der Waals surface area contributed by atoms with Crippen LogP contribution in [0.1, 0.15) is 55.0 Å². The Kier molecular flexibility index (Phi) is 8.06. The fourth-order valence-corrected chi connectivity index (χ4v) is 6.09. The molecule has 2 fully saturated rings. The molecule has 0 spiro atoms. The monoisotopic (exact) mass is 555 g/mol. The Morgan fingerprint density at radius 2 is 2.05 bits per heavy atom. The van der Waals surface area contributed by atoms with Crippen LogP contribution in [0.3, 0.4) is 0 Å². The molecular formula is C31H37F4N5. The predicted molar refractivity (Wildman–Crippen MR) is 152 cm³/mol. The van der Waals surface area contributed by atoms with E-state index in [1.165, 1.54) is 11.0 Å². The number of H-pyrrole nitrogens is 1. The van der Waals surface area contributed by atoms with E-state index in [-0.39, 0.29) is 17.3 Å². The molecule has 1 saturated heterocycles. The van der Waals surface area contributed by atoms with Gasteiger partial charge in [0.1, 0.15) is 5.82 Å². The van der Waals surface area contributed by atoms with Crippen molar-refractivity contribution in [2.24, 2.45) is 0 Å². The maximum absolute atomic E-state index is 14.7. The normalized spacial score (nSPS) is 18.4. The molecular weight excluding hydrogens is 518 g/mol. The fraction of sp³-hybridized carbons (Fsp3) is 0.452. The van der Waals surface area contributed by atoms with E-state index in [9.17, 15) is 17.6 Å². The number of pyridine rings is 1. The highest BCUT2D eigenvalue weighted by atomic mass is 19.4. The highest BCUT2D eigenvalue weighted by Gasteiger charge is 2.47. The van der Waals surface area contributed by atoms with Crippen LogP contribution in [0.4, 0.5) is 28.9 Å². The molecule has 1 saturated carbocycles. The van der Waals surface area contributed by atoms with Gasteiger partial charge in [0.05, 0.1) is 17.9 Å². The second kappa shape index (κ2) is 11.4. The Hall–Kier alpha value is -3.17. The molecule has 2 aromatic heterocycles. The summed E-state index contributed by atoms with van der Waals surface area (Å²) in [6.45, 7) is 6.48. The van der Waals surface area contributed by atoms with E-state index in [2.05, 4.69) is 27.2 Å². The summed E-state index contributed by atoms with van der Waals surface area (Å²) in [6.07, 6.45) is 5.78. The van der Waals surface area contributed by atoms with Gasteiger partial charge in [-0.25, -0.2) is 4.39 Å². The van der Waals surface area contributed by atoms with Gasteiger partial charge >= 0.3 is 6.18 Å². The number of benzene rings is 1. The lowest BCUT2D eigenvalue weighted by atomic mass is 9.93. The number of likely N-dealkylation sites (tertiary alicyclic amines) is 1. The van der Waals surface area contributed by atoms with E-state index in [1.54, 1.807) is 18.5 Å². The van der Waals surface area contributed by atoms with Crippen molar-refractivity contribution in [3.05, 3.63) is 71.4 Å². The molecule has 5 rings (SSSR count). The summed E-state index contributed by atoms with van der Waals surface area (Å²) in [5.74, 6) is -0.257. The van der Waals surface area contributed by atoms with Gasteiger partial charge in [-0.3, -0.25) is 9.88 Å². The highest BCUT2D eigenvalue weighted by molar-refractivity contribution is 5.89. The van der Waals surface area contributed by atoms with Gasteiger partial charge in [-0.15, -0.1) is 0 Å². The van der Waals surface area contributed by atoms with E-state index in [1.807, 2.05) is 32.2 Å². The van der Waals surface area contributed by atoms with Crippen LogP contribution < -0.4 is 10.6 Å². The molecule has 1 aliphatic carbocycles. The molecule has 0 amide bonds. The van der Waals surface area contributed by atoms with Crippen molar-refractivity contribution in [1.82, 2.24) is 20.2 Å². The molecule has 40 heavy (non-hydrogen) atoms. The van der Waals surface area contributed by atoms with Crippen molar-refractivity contribution in [2.75, 3.05) is 32.0 Å². The minimum absolute atomic E-state index is 0.0420. The molecule has 1 aromatic carbocycles. The van der Waals surface area contributed by atoms with E-state index in [0.717, 1.165) is 59.6 Å².